The molecule has 196 valence electrons. The lowest BCUT2D eigenvalue weighted by atomic mass is 10.1. The molecule has 6 nitrogen and oxygen atoms in total. The predicted octanol–water partition coefficient (Wildman–Crippen LogP) is 7.56. The summed E-state index contributed by atoms with van der Waals surface area (Å²) in [5, 5.41) is 2.61. The number of hydrogen-bond acceptors (Lipinski definition) is 4. The number of carbonyl (C=O) groups excluding carboxylic acids is 3. The van der Waals surface area contributed by atoms with E-state index in [1.165, 1.54) is 18.2 Å². The molecule has 3 aromatic rings. The topological polar surface area (TPSA) is 75.7 Å². The van der Waals surface area contributed by atoms with Gasteiger partial charge in [0.1, 0.15) is 17.9 Å². The van der Waals surface area contributed by atoms with Crippen molar-refractivity contribution in [2.75, 3.05) is 4.90 Å². The standard InChI is InChI=1S/C25H13Cl4F3N2O4/c26-15-4-2-13(18(28)10-15)11-38-21-6-1-12(8-19(21)29)7-16-22(35)33-24(37)34(23(16)36)20-9-14(25(30,31)32)3-5-17(20)27/h1-10H,11H2,(H,33,35,37)/b16-7-. The first kappa shape index (κ1) is 27.8. The second kappa shape index (κ2) is 10.9. The minimum Gasteiger partial charge on any atom is -0.487 e. The second-order valence-corrected chi connectivity index (χ2v) is 9.49. The number of hydrogen-bond donors (Lipinski definition) is 1. The van der Waals surface area contributed by atoms with E-state index in [4.69, 9.17) is 51.1 Å². The first-order chi connectivity index (χ1) is 17.8. The van der Waals surface area contributed by atoms with Gasteiger partial charge >= 0.3 is 12.2 Å². The van der Waals surface area contributed by atoms with Crippen LogP contribution in [0.1, 0.15) is 16.7 Å². The minimum absolute atomic E-state index is 0.0753. The molecular weight excluding hydrogens is 591 g/mol. The van der Waals surface area contributed by atoms with Crippen molar-refractivity contribution in [2.24, 2.45) is 0 Å². The van der Waals surface area contributed by atoms with Gasteiger partial charge in [0.15, 0.2) is 0 Å². The lowest BCUT2D eigenvalue weighted by Crippen LogP contribution is -2.54. The minimum atomic E-state index is -4.76. The summed E-state index contributed by atoms with van der Waals surface area (Å²) >= 11 is 24.3. The Morgan fingerprint density at radius 3 is 2.26 bits per heavy atom. The van der Waals surface area contributed by atoms with E-state index in [0.29, 0.717) is 32.6 Å². The highest BCUT2D eigenvalue weighted by Crippen LogP contribution is 2.37. The molecule has 0 aromatic heterocycles. The number of barbiturate groups is 1. The van der Waals surface area contributed by atoms with E-state index in [1.807, 2.05) is 5.32 Å². The average Bonchev–Trinajstić information content (AvgIpc) is 2.82. The van der Waals surface area contributed by atoms with Crippen LogP contribution in [0.4, 0.5) is 23.7 Å². The van der Waals surface area contributed by atoms with E-state index in [1.54, 1.807) is 18.2 Å². The van der Waals surface area contributed by atoms with Crippen LogP contribution in [0.3, 0.4) is 0 Å². The van der Waals surface area contributed by atoms with Gasteiger partial charge in [0, 0.05) is 15.6 Å². The van der Waals surface area contributed by atoms with Gasteiger partial charge in [-0.2, -0.15) is 13.2 Å². The molecule has 1 aliphatic rings. The van der Waals surface area contributed by atoms with Crippen LogP contribution >= 0.6 is 46.4 Å². The molecule has 38 heavy (non-hydrogen) atoms. The number of rotatable bonds is 5. The number of imide groups is 2. The molecule has 0 unspecified atom stereocenters. The Morgan fingerprint density at radius 1 is 0.868 bits per heavy atom. The number of anilines is 1. The normalized spacial score (nSPS) is 15.2. The summed E-state index contributed by atoms with van der Waals surface area (Å²) in [5.41, 5.74) is -1.28. The van der Waals surface area contributed by atoms with E-state index in [-0.39, 0.29) is 28.0 Å². The number of alkyl halides is 3. The number of benzene rings is 3. The van der Waals surface area contributed by atoms with Crippen LogP contribution in [0.2, 0.25) is 20.1 Å². The predicted molar refractivity (Wildman–Crippen MR) is 138 cm³/mol. The molecule has 0 spiro atoms. The first-order valence-electron chi connectivity index (χ1n) is 10.5. The molecule has 1 N–H and O–H groups in total. The number of ether oxygens (including phenoxy) is 1. The maximum atomic E-state index is 13.2. The van der Waals surface area contributed by atoms with E-state index in [2.05, 4.69) is 0 Å². The summed E-state index contributed by atoms with van der Waals surface area (Å²) in [6.45, 7) is 0.0753. The zero-order chi connectivity index (χ0) is 27.8. The third-order valence-corrected chi connectivity index (χ3v) is 6.48. The molecular formula is C25H13Cl4F3N2O4. The van der Waals surface area contributed by atoms with Crippen molar-refractivity contribution in [2.45, 2.75) is 12.8 Å². The lowest BCUT2D eigenvalue weighted by molar-refractivity contribution is -0.137. The van der Waals surface area contributed by atoms with Crippen molar-refractivity contribution in [3.63, 3.8) is 0 Å². The number of nitrogens with one attached hydrogen (secondary N) is 1. The largest absolute Gasteiger partial charge is 0.487 e. The van der Waals surface area contributed by atoms with Crippen molar-refractivity contribution < 1.29 is 32.3 Å². The quantitative estimate of drug-likeness (QED) is 0.241. The van der Waals surface area contributed by atoms with Crippen molar-refractivity contribution >= 4 is 76.0 Å². The van der Waals surface area contributed by atoms with Crippen LogP contribution in [-0.2, 0) is 22.4 Å². The summed E-state index contributed by atoms with van der Waals surface area (Å²) in [4.78, 5) is 38.3. The number of urea groups is 1. The van der Waals surface area contributed by atoms with Crippen molar-refractivity contribution in [3.8, 4) is 5.75 Å². The zero-order valence-corrected chi connectivity index (χ0v) is 21.7. The molecule has 0 aliphatic carbocycles. The summed E-state index contributed by atoms with van der Waals surface area (Å²) in [7, 11) is 0. The molecule has 0 radical (unpaired) electrons. The zero-order valence-electron chi connectivity index (χ0n) is 18.7. The summed E-state index contributed by atoms with van der Waals surface area (Å²) in [6.07, 6.45) is -3.63. The number of halogens is 7. The monoisotopic (exact) mass is 602 g/mol. The van der Waals surface area contributed by atoms with Crippen molar-refractivity contribution in [1.29, 1.82) is 0 Å². The van der Waals surface area contributed by atoms with Crippen LogP contribution < -0.4 is 15.0 Å². The molecule has 0 atom stereocenters. The average molecular weight is 604 g/mol. The molecule has 4 rings (SSSR count). The summed E-state index contributed by atoms with van der Waals surface area (Å²) in [6, 6.07) is 10.2. The Morgan fingerprint density at radius 2 is 1.61 bits per heavy atom. The van der Waals surface area contributed by atoms with Gasteiger partial charge in [-0.25, -0.2) is 9.69 Å². The Bertz CT molecular complexity index is 1510. The maximum absolute atomic E-state index is 13.2. The van der Waals surface area contributed by atoms with Crippen LogP contribution in [0.5, 0.6) is 5.75 Å². The molecule has 1 heterocycles. The highest BCUT2D eigenvalue weighted by Gasteiger charge is 2.39. The Labute approximate surface area is 233 Å². The molecule has 1 fully saturated rings. The van der Waals surface area contributed by atoms with Gasteiger partial charge in [0.05, 0.1) is 21.3 Å². The fraction of sp³-hybridized carbons (Fsp3) is 0.0800. The van der Waals surface area contributed by atoms with E-state index >= 15 is 0 Å². The fourth-order valence-corrected chi connectivity index (χ4v) is 4.33. The van der Waals surface area contributed by atoms with Crippen molar-refractivity contribution in [1.82, 2.24) is 5.32 Å². The van der Waals surface area contributed by atoms with E-state index in [9.17, 15) is 27.6 Å². The second-order valence-electron chi connectivity index (χ2n) is 7.84. The highest BCUT2D eigenvalue weighted by molar-refractivity contribution is 6.42. The highest BCUT2D eigenvalue weighted by atomic mass is 35.5. The molecule has 0 bridgehead atoms. The first-order valence-corrected chi connectivity index (χ1v) is 12.0. The summed E-state index contributed by atoms with van der Waals surface area (Å²) < 4.78 is 45.3. The summed E-state index contributed by atoms with van der Waals surface area (Å²) in [5.74, 6) is -1.95. The Balaban J connectivity index is 1.61. The van der Waals surface area contributed by atoms with Gasteiger partial charge in [0.25, 0.3) is 11.8 Å². The van der Waals surface area contributed by atoms with Gasteiger partial charge in [-0.3, -0.25) is 14.9 Å². The Hall–Kier alpha value is -3.24. The van der Waals surface area contributed by atoms with E-state index in [0.717, 1.165) is 12.1 Å². The van der Waals surface area contributed by atoms with E-state index < -0.39 is 40.8 Å². The molecule has 0 saturated carbocycles. The number of amides is 4. The molecule has 4 amide bonds. The fourth-order valence-electron chi connectivity index (χ4n) is 3.42. The smallest absolute Gasteiger partial charge is 0.416 e. The van der Waals surface area contributed by atoms with Crippen LogP contribution in [-0.4, -0.2) is 17.8 Å². The molecule has 13 heteroatoms. The molecule has 1 aliphatic heterocycles. The number of carbonyl (C=O) groups is 3. The van der Waals surface area contributed by atoms with Gasteiger partial charge in [-0.1, -0.05) is 58.5 Å². The number of nitrogens with zero attached hydrogens (tertiary/aromatic N) is 1. The van der Waals surface area contributed by atoms with Crippen molar-refractivity contribution in [3.05, 3.63) is 97.0 Å². The van der Waals surface area contributed by atoms with Crippen LogP contribution in [0, 0.1) is 0 Å². The lowest BCUT2D eigenvalue weighted by Gasteiger charge is -2.27. The maximum Gasteiger partial charge on any atom is 0.416 e. The molecule has 1 saturated heterocycles. The van der Waals surface area contributed by atoms with Gasteiger partial charge < -0.3 is 4.74 Å². The third kappa shape index (κ3) is 5.91. The van der Waals surface area contributed by atoms with Gasteiger partial charge in [-0.15, -0.1) is 0 Å². The van der Waals surface area contributed by atoms with Gasteiger partial charge in [-0.05, 0) is 54.1 Å². The molecule has 3 aromatic carbocycles. The van der Waals surface area contributed by atoms with Crippen LogP contribution in [0.25, 0.3) is 6.08 Å². The van der Waals surface area contributed by atoms with Gasteiger partial charge in [0.2, 0.25) is 0 Å². The Kier molecular flexibility index (Phi) is 7.94. The SMILES string of the molecule is O=C1NC(=O)N(c2cc(C(F)(F)F)ccc2Cl)C(=O)/C1=C\c1ccc(OCc2ccc(Cl)cc2Cl)c(Cl)c1. The van der Waals surface area contributed by atoms with Crippen LogP contribution in [0.15, 0.2) is 60.2 Å². The third-order valence-electron chi connectivity index (χ3n) is 5.28.